The number of piperazine rings is 1. The minimum Gasteiger partial charge on any atom is -0.335 e. The SMILES string of the molecule is CCc1c(C(=O)N2C[C@@H](C)N[C@H](C)C2)cnn1Cc1ccccc1. The Hall–Kier alpha value is -2.14. The molecule has 1 saturated heterocycles. The predicted molar refractivity (Wildman–Crippen MR) is 95.1 cm³/mol. The van der Waals surface area contributed by atoms with Crippen molar-refractivity contribution in [3.05, 3.63) is 53.3 Å². The van der Waals surface area contributed by atoms with E-state index in [1.807, 2.05) is 27.8 Å². The molecule has 128 valence electrons. The number of carbonyl (C=O) groups excluding carboxylic acids is 1. The second-order valence-corrected chi connectivity index (χ2v) is 6.68. The van der Waals surface area contributed by atoms with Crippen molar-refractivity contribution in [2.24, 2.45) is 0 Å². The van der Waals surface area contributed by atoms with Crippen molar-refractivity contribution in [1.82, 2.24) is 20.0 Å². The lowest BCUT2D eigenvalue weighted by molar-refractivity contribution is 0.0672. The van der Waals surface area contributed by atoms with Crippen molar-refractivity contribution in [2.75, 3.05) is 13.1 Å². The van der Waals surface area contributed by atoms with Crippen molar-refractivity contribution >= 4 is 5.91 Å². The summed E-state index contributed by atoms with van der Waals surface area (Å²) in [5.74, 6) is 0.103. The summed E-state index contributed by atoms with van der Waals surface area (Å²) in [7, 11) is 0. The quantitative estimate of drug-likeness (QED) is 0.938. The Balaban J connectivity index is 1.82. The minimum atomic E-state index is 0.103. The topological polar surface area (TPSA) is 50.2 Å². The molecule has 3 rings (SSSR count). The molecule has 0 spiro atoms. The fraction of sp³-hybridized carbons (Fsp3) is 0.474. The molecule has 2 aromatic rings. The number of amides is 1. The monoisotopic (exact) mass is 326 g/mol. The molecule has 2 atom stereocenters. The summed E-state index contributed by atoms with van der Waals surface area (Å²) in [6, 6.07) is 10.9. The molecule has 1 amide bonds. The van der Waals surface area contributed by atoms with Crippen LogP contribution in [-0.4, -0.2) is 45.8 Å². The lowest BCUT2D eigenvalue weighted by Crippen LogP contribution is -2.55. The van der Waals surface area contributed by atoms with Crippen LogP contribution < -0.4 is 5.32 Å². The first-order valence-corrected chi connectivity index (χ1v) is 8.72. The molecule has 2 heterocycles. The van der Waals surface area contributed by atoms with Gasteiger partial charge in [0.2, 0.25) is 0 Å². The Morgan fingerprint density at radius 3 is 2.50 bits per heavy atom. The average Bonchev–Trinajstić information content (AvgIpc) is 2.96. The highest BCUT2D eigenvalue weighted by atomic mass is 16.2. The molecule has 1 aliphatic heterocycles. The molecule has 0 aliphatic carbocycles. The van der Waals surface area contributed by atoms with Crippen molar-refractivity contribution in [1.29, 1.82) is 0 Å². The van der Waals surface area contributed by atoms with E-state index in [9.17, 15) is 4.79 Å². The maximum absolute atomic E-state index is 13.0. The molecule has 0 saturated carbocycles. The van der Waals surface area contributed by atoms with E-state index in [0.717, 1.165) is 30.8 Å². The average molecular weight is 326 g/mol. The van der Waals surface area contributed by atoms with Gasteiger partial charge in [-0.2, -0.15) is 5.10 Å². The van der Waals surface area contributed by atoms with Crippen LogP contribution in [0.5, 0.6) is 0 Å². The van der Waals surface area contributed by atoms with E-state index >= 15 is 0 Å². The summed E-state index contributed by atoms with van der Waals surface area (Å²) in [6.07, 6.45) is 2.53. The first-order valence-electron chi connectivity index (χ1n) is 8.72. The molecule has 1 aliphatic rings. The summed E-state index contributed by atoms with van der Waals surface area (Å²) < 4.78 is 1.96. The van der Waals surface area contributed by atoms with Crippen LogP contribution in [0.4, 0.5) is 0 Å². The molecule has 0 radical (unpaired) electrons. The van der Waals surface area contributed by atoms with Crippen LogP contribution >= 0.6 is 0 Å². The zero-order valence-electron chi connectivity index (χ0n) is 14.7. The molecule has 0 bridgehead atoms. The molecule has 1 fully saturated rings. The van der Waals surface area contributed by atoms with Crippen LogP contribution in [0.15, 0.2) is 36.5 Å². The summed E-state index contributed by atoms with van der Waals surface area (Å²) >= 11 is 0. The highest BCUT2D eigenvalue weighted by Crippen LogP contribution is 2.16. The molecule has 1 N–H and O–H groups in total. The van der Waals surface area contributed by atoms with Gasteiger partial charge < -0.3 is 10.2 Å². The van der Waals surface area contributed by atoms with Crippen molar-refractivity contribution < 1.29 is 4.79 Å². The van der Waals surface area contributed by atoms with E-state index in [2.05, 4.69) is 43.3 Å². The Morgan fingerprint density at radius 1 is 1.21 bits per heavy atom. The van der Waals surface area contributed by atoms with Gasteiger partial charge in [-0.25, -0.2) is 0 Å². The second kappa shape index (κ2) is 7.18. The number of rotatable bonds is 4. The Kier molecular flexibility index (Phi) is 5.00. The summed E-state index contributed by atoms with van der Waals surface area (Å²) in [4.78, 5) is 14.9. The summed E-state index contributed by atoms with van der Waals surface area (Å²) in [5, 5.41) is 7.96. The molecular formula is C19H26N4O. The van der Waals surface area contributed by atoms with E-state index in [0.29, 0.717) is 18.6 Å². The normalized spacial score (nSPS) is 21.0. The second-order valence-electron chi connectivity index (χ2n) is 6.68. The summed E-state index contributed by atoms with van der Waals surface area (Å²) in [6.45, 7) is 8.52. The van der Waals surface area contributed by atoms with E-state index in [1.165, 1.54) is 5.56 Å². The van der Waals surface area contributed by atoms with Crippen LogP contribution in [0.25, 0.3) is 0 Å². The third-order valence-electron chi connectivity index (χ3n) is 4.53. The fourth-order valence-corrected chi connectivity index (χ4v) is 3.52. The Morgan fingerprint density at radius 2 is 1.88 bits per heavy atom. The Bertz CT molecular complexity index is 685. The number of nitrogens with one attached hydrogen (secondary N) is 1. The highest BCUT2D eigenvalue weighted by Gasteiger charge is 2.28. The van der Waals surface area contributed by atoms with Gasteiger partial charge >= 0.3 is 0 Å². The third kappa shape index (κ3) is 3.51. The van der Waals surface area contributed by atoms with Gasteiger partial charge in [-0.3, -0.25) is 9.48 Å². The molecular weight excluding hydrogens is 300 g/mol. The van der Waals surface area contributed by atoms with Gasteiger partial charge in [0, 0.05) is 25.2 Å². The Labute approximate surface area is 143 Å². The number of carbonyl (C=O) groups is 1. The predicted octanol–water partition coefficient (Wildman–Crippen LogP) is 2.32. The maximum Gasteiger partial charge on any atom is 0.257 e. The standard InChI is InChI=1S/C19H26N4O/c1-4-18-17(19(24)22-11-14(2)21-15(3)12-22)10-20-23(18)13-16-8-6-5-7-9-16/h5-10,14-15,21H,4,11-13H2,1-3H3/t14-,15-/m1/s1. The lowest BCUT2D eigenvalue weighted by Gasteiger charge is -2.36. The summed E-state index contributed by atoms with van der Waals surface area (Å²) in [5.41, 5.74) is 2.95. The molecule has 5 nitrogen and oxygen atoms in total. The van der Waals surface area contributed by atoms with E-state index in [1.54, 1.807) is 6.20 Å². The largest absolute Gasteiger partial charge is 0.335 e. The van der Waals surface area contributed by atoms with Gasteiger partial charge in [-0.15, -0.1) is 0 Å². The van der Waals surface area contributed by atoms with Gasteiger partial charge in [0.15, 0.2) is 0 Å². The molecule has 24 heavy (non-hydrogen) atoms. The number of aromatic nitrogens is 2. The van der Waals surface area contributed by atoms with E-state index < -0.39 is 0 Å². The number of hydrogen-bond donors (Lipinski definition) is 1. The van der Waals surface area contributed by atoms with E-state index in [-0.39, 0.29) is 5.91 Å². The first-order chi connectivity index (χ1) is 11.6. The zero-order valence-corrected chi connectivity index (χ0v) is 14.7. The van der Waals surface area contributed by atoms with Gasteiger partial charge in [0.25, 0.3) is 5.91 Å². The van der Waals surface area contributed by atoms with Crippen LogP contribution in [0.1, 0.15) is 42.4 Å². The van der Waals surface area contributed by atoms with Crippen LogP contribution in [0.3, 0.4) is 0 Å². The molecule has 0 unspecified atom stereocenters. The lowest BCUT2D eigenvalue weighted by atomic mass is 10.1. The first kappa shape index (κ1) is 16.7. The molecule has 1 aromatic heterocycles. The van der Waals surface area contributed by atoms with Crippen molar-refractivity contribution in [2.45, 2.75) is 45.8 Å². The van der Waals surface area contributed by atoms with Crippen LogP contribution in [0, 0.1) is 0 Å². The molecule has 5 heteroatoms. The highest BCUT2D eigenvalue weighted by molar-refractivity contribution is 5.95. The number of nitrogens with zero attached hydrogens (tertiary/aromatic N) is 3. The van der Waals surface area contributed by atoms with Gasteiger partial charge in [-0.05, 0) is 25.8 Å². The minimum absolute atomic E-state index is 0.103. The van der Waals surface area contributed by atoms with Crippen LogP contribution in [-0.2, 0) is 13.0 Å². The zero-order chi connectivity index (χ0) is 17.1. The maximum atomic E-state index is 13.0. The number of hydrogen-bond acceptors (Lipinski definition) is 3. The number of benzene rings is 1. The van der Waals surface area contributed by atoms with Crippen LogP contribution in [0.2, 0.25) is 0 Å². The third-order valence-corrected chi connectivity index (χ3v) is 4.53. The smallest absolute Gasteiger partial charge is 0.257 e. The fourth-order valence-electron chi connectivity index (χ4n) is 3.52. The van der Waals surface area contributed by atoms with Gasteiger partial charge in [0.1, 0.15) is 0 Å². The molecule has 1 aromatic carbocycles. The van der Waals surface area contributed by atoms with Crippen molar-refractivity contribution in [3.63, 3.8) is 0 Å². The van der Waals surface area contributed by atoms with Crippen molar-refractivity contribution in [3.8, 4) is 0 Å². The van der Waals surface area contributed by atoms with Gasteiger partial charge in [-0.1, -0.05) is 37.3 Å². The van der Waals surface area contributed by atoms with E-state index in [4.69, 9.17) is 0 Å². The van der Waals surface area contributed by atoms with Gasteiger partial charge in [0.05, 0.1) is 24.0 Å².